The number of carboxylic acids is 1. The number of benzene rings is 2. The molecule has 0 saturated carbocycles. The average molecular weight is 510 g/mol. The Kier molecular flexibility index (Phi) is 7.21. The molecule has 3 heterocycles. The summed E-state index contributed by atoms with van der Waals surface area (Å²) in [7, 11) is 0. The summed E-state index contributed by atoms with van der Waals surface area (Å²) in [5, 5.41) is 17.8. The first-order valence-electron chi connectivity index (χ1n) is 12.6. The fourth-order valence-corrected chi connectivity index (χ4v) is 5.31. The van der Waals surface area contributed by atoms with Crippen LogP contribution in [0.5, 0.6) is 11.5 Å². The Morgan fingerprint density at radius 2 is 2.11 bits per heavy atom. The summed E-state index contributed by atoms with van der Waals surface area (Å²) in [5.41, 5.74) is 4.12. The number of ether oxygens (including phenoxy) is 2. The van der Waals surface area contributed by atoms with Gasteiger partial charge in [-0.2, -0.15) is 5.10 Å². The molecule has 2 atom stereocenters. The van der Waals surface area contributed by atoms with E-state index in [2.05, 4.69) is 35.0 Å². The Morgan fingerprint density at radius 1 is 1.25 bits per heavy atom. The van der Waals surface area contributed by atoms with E-state index < -0.39 is 5.97 Å². The zero-order valence-electron chi connectivity index (χ0n) is 20.7. The molecule has 0 aliphatic carbocycles. The van der Waals surface area contributed by atoms with Gasteiger partial charge >= 0.3 is 5.97 Å². The monoisotopic (exact) mass is 509 g/mol. The van der Waals surface area contributed by atoms with Crippen molar-refractivity contribution in [1.29, 1.82) is 0 Å². The van der Waals surface area contributed by atoms with Crippen molar-refractivity contribution in [3.63, 3.8) is 0 Å². The van der Waals surface area contributed by atoms with Crippen LogP contribution < -0.4 is 9.47 Å². The van der Waals surface area contributed by atoms with Crippen LogP contribution in [0, 0.1) is 11.8 Å². The first kappa shape index (κ1) is 24.7. The number of H-pyrrole nitrogens is 1. The van der Waals surface area contributed by atoms with Gasteiger partial charge in [0.05, 0.1) is 11.4 Å². The molecule has 2 unspecified atom stereocenters. The number of hydrogen-bond donors (Lipinski definition) is 2. The van der Waals surface area contributed by atoms with Crippen LogP contribution in [0.15, 0.2) is 42.0 Å². The van der Waals surface area contributed by atoms with E-state index in [1.165, 1.54) is 5.57 Å². The Hall–Kier alpha value is -3.03. The molecule has 1 aromatic heterocycles. The number of nitrogens with one attached hydrogen (secondary N) is 1. The van der Waals surface area contributed by atoms with Crippen molar-refractivity contribution < 1.29 is 19.4 Å². The third-order valence-corrected chi connectivity index (χ3v) is 7.37. The fraction of sp³-hybridized carbons (Fsp3) is 0.429. The van der Waals surface area contributed by atoms with Crippen molar-refractivity contribution in [3.05, 3.63) is 58.3 Å². The van der Waals surface area contributed by atoms with E-state index in [-0.39, 0.29) is 17.9 Å². The largest absolute Gasteiger partial charge is 0.488 e. The fourth-order valence-electron chi connectivity index (χ4n) is 5.11. The molecule has 0 spiro atoms. The van der Waals surface area contributed by atoms with Gasteiger partial charge in [0.15, 0.2) is 0 Å². The standard InChI is InChI=1S/C28H32ClN3O4/c1-17(2)26(21-6-8-24-23(13-21)27(29)31-30-24)36-22-7-5-20-12-18(16-35-25(20)14-22)15-32-10-3-4-19(9-11-32)28(33)34/h5-8,12-14,17,19,26H,3-4,9-11,15-16H2,1-2H3,(H,30,31)(H,33,34). The summed E-state index contributed by atoms with van der Waals surface area (Å²) in [4.78, 5) is 13.7. The van der Waals surface area contributed by atoms with Gasteiger partial charge in [-0.25, -0.2) is 0 Å². The molecule has 5 rings (SSSR count). The number of rotatable bonds is 7. The quantitative estimate of drug-likeness (QED) is 0.409. The summed E-state index contributed by atoms with van der Waals surface area (Å²) >= 11 is 6.26. The molecule has 7 nitrogen and oxygen atoms in total. The van der Waals surface area contributed by atoms with Gasteiger partial charge in [0.1, 0.15) is 29.4 Å². The third kappa shape index (κ3) is 5.37. The number of likely N-dealkylation sites (tertiary alicyclic amines) is 1. The van der Waals surface area contributed by atoms with E-state index in [9.17, 15) is 9.90 Å². The minimum Gasteiger partial charge on any atom is -0.488 e. The number of carbonyl (C=O) groups is 1. The maximum absolute atomic E-state index is 11.3. The number of aromatic nitrogens is 2. The lowest BCUT2D eigenvalue weighted by atomic mass is 9.97. The Labute approximate surface area is 216 Å². The predicted octanol–water partition coefficient (Wildman–Crippen LogP) is 5.95. The van der Waals surface area contributed by atoms with Crippen LogP contribution in [0.25, 0.3) is 17.0 Å². The maximum atomic E-state index is 11.3. The highest BCUT2D eigenvalue weighted by Crippen LogP contribution is 2.36. The average Bonchev–Trinajstić information content (AvgIpc) is 3.07. The lowest BCUT2D eigenvalue weighted by Gasteiger charge is -2.26. The molecule has 36 heavy (non-hydrogen) atoms. The molecule has 190 valence electrons. The van der Waals surface area contributed by atoms with Gasteiger partial charge in [0.2, 0.25) is 0 Å². The van der Waals surface area contributed by atoms with E-state index in [4.69, 9.17) is 21.1 Å². The van der Waals surface area contributed by atoms with Crippen LogP contribution in [0.1, 0.15) is 50.3 Å². The smallest absolute Gasteiger partial charge is 0.306 e. The lowest BCUT2D eigenvalue weighted by Crippen LogP contribution is -2.29. The number of nitrogens with zero attached hydrogens (tertiary/aromatic N) is 2. The van der Waals surface area contributed by atoms with Crippen LogP contribution in [0.4, 0.5) is 0 Å². The molecule has 8 heteroatoms. The van der Waals surface area contributed by atoms with Crippen molar-refractivity contribution >= 4 is 34.5 Å². The lowest BCUT2D eigenvalue weighted by molar-refractivity contribution is -0.142. The Bertz CT molecular complexity index is 1290. The van der Waals surface area contributed by atoms with Crippen molar-refractivity contribution in [2.75, 3.05) is 26.2 Å². The molecule has 2 N–H and O–H groups in total. The first-order valence-corrected chi connectivity index (χ1v) is 13.0. The van der Waals surface area contributed by atoms with E-state index in [1.807, 2.05) is 36.4 Å². The van der Waals surface area contributed by atoms with Gasteiger partial charge in [0.25, 0.3) is 0 Å². The molecular formula is C28H32ClN3O4. The molecule has 2 aliphatic rings. The second kappa shape index (κ2) is 10.5. The minimum atomic E-state index is -0.672. The Balaban J connectivity index is 1.28. The molecule has 3 aromatic rings. The number of halogens is 1. The zero-order valence-corrected chi connectivity index (χ0v) is 21.4. The topological polar surface area (TPSA) is 87.7 Å². The van der Waals surface area contributed by atoms with Crippen LogP contribution in [0.3, 0.4) is 0 Å². The number of aliphatic carboxylic acids is 1. The second-order valence-electron chi connectivity index (χ2n) is 10.1. The van der Waals surface area contributed by atoms with Gasteiger partial charge in [-0.1, -0.05) is 31.5 Å². The SMILES string of the molecule is CC(C)C(Oc1ccc2c(c1)OCC(CN1CCCC(C(=O)O)CC1)=C2)c1ccc2n[nH]c(Cl)c2c1. The highest BCUT2D eigenvalue weighted by Gasteiger charge is 2.24. The van der Waals surface area contributed by atoms with Crippen LogP contribution in [-0.4, -0.2) is 52.4 Å². The molecule has 0 radical (unpaired) electrons. The van der Waals surface area contributed by atoms with Gasteiger partial charge in [-0.3, -0.25) is 14.8 Å². The second-order valence-corrected chi connectivity index (χ2v) is 10.5. The van der Waals surface area contributed by atoms with Gasteiger partial charge in [-0.15, -0.1) is 0 Å². The molecular weight excluding hydrogens is 478 g/mol. The van der Waals surface area contributed by atoms with E-state index >= 15 is 0 Å². The van der Waals surface area contributed by atoms with Gasteiger partial charge in [-0.05, 0) is 79.7 Å². The third-order valence-electron chi connectivity index (χ3n) is 7.08. The van der Waals surface area contributed by atoms with Gasteiger partial charge < -0.3 is 14.6 Å². The molecule has 2 aliphatic heterocycles. The number of carboxylic acid groups (broad SMARTS) is 1. The predicted molar refractivity (Wildman–Crippen MR) is 141 cm³/mol. The Morgan fingerprint density at radius 3 is 2.92 bits per heavy atom. The van der Waals surface area contributed by atoms with E-state index in [1.54, 1.807) is 0 Å². The van der Waals surface area contributed by atoms with Crippen LogP contribution >= 0.6 is 11.6 Å². The molecule has 1 fully saturated rings. The normalized spacial score (nSPS) is 19.3. The van der Waals surface area contributed by atoms with E-state index in [0.717, 1.165) is 66.0 Å². The summed E-state index contributed by atoms with van der Waals surface area (Å²) < 4.78 is 12.6. The highest BCUT2D eigenvalue weighted by molar-refractivity contribution is 6.34. The molecule has 2 aromatic carbocycles. The van der Waals surface area contributed by atoms with Crippen LogP contribution in [0.2, 0.25) is 5.15 Å². The maximum Gasteiger partial charge on any atom is 0.306 e. The summed E-state index contributed by atoms with van der Waals surface area (Å²) in [6.07, 6.45) is 4.42. The van der Waals surface area contributed by atoms with Crippen molar-refractivity contribution in [3.8, 4) is 11.5 Å². The first-order chi connectivity index (χ1) is 17.4. The van der Waals surface area contributed by atoms with Gasteiger partial charge in [0, 0.05) is 23.6 Å². The number of aromatic amines is 1. The summed E-state index contributed by atoms with van der Waals surface area (Å²) in [6.45, 7) is 7.33. The highest BCUT2D eigenvalue weighted by atomic mass is 35.5. The minimum absolute atomic E-state index is 0.147. The van der Waals surface area contributed by atoms with E-state index in [0.29, 0.717) is 18.2 Å². The zero-order chi connectivity index (χ0) is 25.2. The van der Waals surface area contributed by atoms with Crippen molar-refractivity contribution in [2.45, 2.75) is 39.2 Å². The van der Waals surface area contributed by atoms with Crippen molar-refractivity contribution in [1.82, 2.24) is 15.1 Å². The number of hydrogen-bond acceptors (Lipinski definition) is 5. The molecule has 1 saturated heterocycles. The molecule has 0 bridgehead atoms. The van der Waals surface area contributed by atoms with Crippen LogP contribution in [-0.2, 0) is 4.79 Å². The molecule has 0 amide bonds. The van der Waals surface area contributed by atoms with Crippen molar-refractivity contribution in [2.24, 2.45) is 11.8 Å². The summed E-state index contributed by atoms with van der Waals surface area (Å²) in [6, 6.07) is 12.0. The summed E-state index contributed by atoms with van der Waals surface area (Å²) in [5.74, 6) is 0.920. The number of fused-ring (bicyclic) bond motifs is 2.